The molecule has 0 atom stereocenters. The van der Waals surface area contributed by atoms with Crippen molar-refractivity contribution in [3.8, 4) is 0 Å². The molecule has 0 spiro atoms. The molecule has 0 unspecified atom stereocenters. The first kappa shape index (κ1) is 20.6. The van der Waals surface area contributed by atoms with E-state index in [-0.39, 0.29) is 23.4 Å². The van der Waals surface area contributed by atoms with E-state index >= 15 is 0 Å². The highest BCUT2D eigenvalue weighted by molar-refractivity contribution is 9.10. The van der Waals surface area contributed by atoms with Gasteiger partial charge in [-0.05, 0) is 65.9 Å². The summed E-state index contributed by atoms with van der Waals surface area (Å²) in [7, 11) is -3.94. The minimum atomic E-state index is -3.94. The van der Waals surface area contributed by atoms with Crippen molar-refractivity contribution in [2.75, 3.05) is 0 Å². The van der Waals surface area contributed by atoms with Crippen LogP contribution in [0.4, 0.5) is 0 Å². The lowest BCUT2D eigenvalue weighted by Gasteiger charge is -2.28. The van der Waals surface area contributed by atoms with Gasteiger partial charge in [-0.3, -0.25) is 20.4 Å². The van der Waals surface area contributed by atoms with E-state index in [1.165, 1.54) is 0 Å². The summed E-state index contributed by atoms with van der Waals surface area (Å²) in [4.78, 5) is 28.1. The predicted molar refractivity (Wildman–Crippen MR) is 108 cm³/mol. The number of hydrogen-bond acceptors (Lipinski definition) is 4. The van der Waals surface area contributed by atoms with E-state index in [2.05, 4.69) is 31.8 Å². The van der Waals surface area contributed by atoms with E-state index in [0.717, 1.165) is 5.56 Å². The van der Waals surface area contributed by atoms with Crippen LogP contribution < -0.4 is 10.9 Å². The van der Waals surface area contributed by atoms with Crippen molar-refractivity contribution in [1.29, 1.82) is 0 Å². The molecule has 2 aromatic rings. The number of aryl methyl sites for hydroxylation is 2. The normalized spacial score (nSPS) is 16.0. The van der Waals surface area contributed by atoms with Gasteiger partial charge in [-0.25, -0.2) is 8.42 Å². The van der Waals surface area contributed by atoms with Crippen LogP contribution in [0.5, 0.6) is 0 Å². The lowest BCUT2D eigenvalue weighted by molar-refractivity contribution is -0.124. The van der Waals surface area contributed by atoms with Gasteiger partial charge in [0, 0.05) is 10.7 Å². The van der Waals surface area contributed by atoms with Crippen LogP contribution in [0.25, 0.3) is 0 Å². The molecule has 3 N–H and O–H groups in total. The Morgan fingerprint density at radius 3 is 2.39 bits per heavy atom. The van der Waals surface area contributed by atoms with Gasteiger partial charge in [0.05, 0.1) is 4.90 Å². The van der Waals surface area contributed by atoms with Crippen molar-refractivity contribution in [3.63, 3.8) is 0 Å². The second-order valence-electron chi connectivity index (χ2n) is 7.11. The lowest BCUT2D eigenvalue weighted by Crippen LogP contribution is -2.55. The number of aromatic amines is 1. The summed E-state index contributed by atoms with van der Waals surface area (Å²) < 4.78 is 26.1. The summed E-state index contributed by atoms with van der Waals surface area (Å²) >= 11 is 3.23. The van der Waals surface area contributed by atoms with Crippen molar-refractivity contribution in [2.24, 2.45) is 0 Å². The number of sulfone groups is 1. The summed E-state index contributed by atoms with van der Waals surface area (Å²) in [6.07, 6.45) is 3.29. The minimum Gasteiger partial charge on any atom is -0.356 e. The Balaban J connectivity index is 1.88. The van der Waals surface area contributed by atoms with Crippen LogP contribution >= 0.6 is 15.9 Å². The number of hydrazine groups is 1. The average Bonchev–Trinajstić information content (AvgIpc) is 3.31. The highest BCUT2D eigenvalue weighted by atomic mass is 79.9. The third kappa shape index (κ3) is 3.60. The number of nitrogens with one attached hydrogen (secondary N) is 3. The van der Waals surface area contributed by atoms with Crippen LogP contribution in [0, 0.1) is 13.8 Å². The number of aromatic nitrogens is 1. The molecule has 2 amide bonds. The number of benzene rings is 1. The smallest absolute Gasteiger partial charge is 0.286 e. The fraction of sp³-hybridized carbons (Fsp3) is 0.368. The van der Waals surface area contributed by atoms with Crippen molar-refractivity contribution in [1.82, 2.24) is 15.8 Å². The second kappa shape index (κ2) is 7.71. The van der Waals surface area contributed by atoms with Gasteiger partial charge in [0.25, 0.3) is 11.8 Å². The number of carbonyl (C=O) groups is 2. The van der Waals surface area contributed by atoms with Crippen molar-refractivity contribution in [2.45, 2.75) is 49.2 Å². The lowest BCUT2D eigenvalue weighted by atomic mass is 10.1. The largest absolute Gasteiger partial charge is 0.356 e. The van der Waals surface area contributed by atoms with Crippen molar-refractivity contribution >= 4 is 37.6 Å². The predicted octanol–water partition coefficient (Wildman–Crippen LogP) is 2.94. The van der Waals surface area contributed by atoms with Crippen molar-refractivity contribution < 1.29 is 18.0 Å². The second-order valence-corrected chi connectivity index (χ2v) is 10.3. The molecule has 0 radical (unpaired) electrons. The zero-order valence-corrected chi connectivity index (χ0v) is 18.0. The Labute approximate surface area is 172 Å². The molecule has 1 fully saturated rings. The van der Waals surface area contributed by atoms with E-state index in [0.29, 0.717) is 22.9 Å². The van der Waals surface area contributed by atoms with Crippen LogP contribution in [0.15, 0.2) is 39.8 Å². The molecule has 150 valence electrons. The Kier molecular flexibility index (Phi) is 5.67. The van der Waals surface area contributed by atoms with Gasteiger partial charge in [-0.15, -0.1) is 0 Å². The summed E-state index contributed by atoms with van der Waals surface area (Å²) in [6.45, 7) is 3.53. The molecule has 1 aromatic carbocycles. The van der Waals surface area contributed by atoms with Crippen molar-refractivity contribution in [3.05, 3.63) is 51.8 Å². The zero-order valence-electron chi connectivity index (χ0n) is 15.6. The standard InChI is InChI=1S/C19H22BrN3O4S/c1-12-5-6-13(2)16(9-12)28(26,27)19(7-3-4-8-19)18(25)23-22-17(24)15-10-14(20)11-21-15/h5-6,9-11,21H,3-4,7-8H2,1-2H3,(H,22,24)(H,23,25). The van der Waals surface area contributed by atoms with Crippen LogP contribution in [0.1, 0.15) is 47.3 Å². The number of carbonyl (C=O) groups excluding carboxylic acids is 2. The van der Waals surface area contributed by atoms with Gasteiger partial charge < -0.3 is 4.98 Å². The van der Waals surface area contributed by atoms with Gasteiger partial charge in [0.15, 0.2) is 14.6 Å². The summed E-state index contributed by atoms with van der Waals surface area (Å²) in [6, 6.07) is 6.74. The summed E-state index contributed by atoms with van der Waals surface area (Å²) in [5.74, 6) is -1.26. The highest BCUT2D eigenvalue weighted by Gasteiger charge is 2.53. The first-order valence-corrected chi connectivity index (χ1v) is 11.2. The Morgan fingerprint density at radius 2 is 1.79 bits per heavy atom. The number of amides is 2. The van der Waals surface area contributed by atoms with Crippen LogP contribution in [0.3, 0.4) is 0 Å². The first-order valence-electron chi connectivity index (χ1n) is 8.94. The molecule has 0 aliphatic heterocycles. The summed E-state index contributed by atoms with van der Waals surface area (Å²) in [5, 5.41) is 0. The Morgan fingerprint density at radius 1 is 1.11 bits per heavy atom. The molecule has 1 saturated carbocycles. The quantitative estimate of drug-likeness (QED) is 0.600. The topological polar surface area (TPSA) is 108 Å². The number of rotatable bonds is 4. The Bertz CT molecular complexity index is 1020. The number of H-pyrrole nitrogens is 1. The minimum absolute atomic E-state index is 0.171. The zero-order chi connectivity index (χ0) is 20.5. The van der Waals surface area contributed by atoms with Gasteiger partial charge in [-0.1, -0.05) is 25.0 Å². The average molecular weight is 468 g/mol. The summed E-state index contributed by atoms with van der Waals surface area (Å²) in [5.41, 5.74) is 6.29. The van der Waals surface area contributed by atoms with E-state index in [1.54, 1.807) is 31.3 Å². The van der Waals surface area contributed by atoms with Crippen LogP contribution in [0.2, 0.25) is 0 Å². The van der Waals surface area contributed by atoms with Gasteiger partial charge in [0.2, 0.25) is 0 Å². The van der Waals surface area contributed by atoms with Gasteiger partial charge >= 0.3 is 0 Å². The molecule has 1 heterocycles. The molecule has 3 rings (SSSR count). The third-order valence-corrected chi connectivity index (χ3v) is 8.25. The molecule has 0 saturated heterocycles. The molecule has 0 bridgehead atoms. The highest BCUT2D eigenvalue weighted by Crippen LogP contribution is 2.41. The van der Waals surface area contributed by atoms with Gasteiger partial charge in [-0.2, -0.15) is 0 Å². The first-order chi connectivity index (χ1) is 13.2. The third-order valence-electron chi connectivity index (χ3n) is 5.15. The number of hydrogen-bond donors (Lipinski definition) is 3. The number of halogens is 1. The maximum atomic E-state index is 13.5. The molecular weight excluding hydrogens is 446 g/mol. The van der Waals surface area contributed by atoms with E-state index in [9.17, 15) is 18.0 Å². The molecule has 1 aliphatic rings. The maximum absolute atomic E-state index is 13.5. The molecule has 28 heavy (non-hydrogen) atoms. The van der Waals surface area contributed by atoms with Crippen LogP contribution in [-0.2, 0) is 14.6 Å². The Hall–Kier alpha value is -2.13. The van der Waals surface area contributed by atoms with Crippen LogP contribution in [-0.4, -0.2) is 30.0 Å². The molecule has 9 heteroatoms. The van der Waals surface area contributed by atoms with Gasteiger partial charge in [0.1, 0.15) is 5.69 Å². The molecule has 7 nitrogen and oxygen atoms in total. The maximum Gasteiger partial charge on any atom is 0.286 e. The molecular formula is C19H22BrN3O4S. The van der Waals surface area contributed by atoms with E-state index in [1.807, 2.05) is 13.0 Å². The van der Waals surface area contributed by atoms with E-state index < -0.39 is 26.4 Å². The SMILES string of the molecule is Cc1ccc(C)c(S(=O)(=O)C2(C(=O)NNC(=O)c3cc(Br)c[nH]3)CCCC2)c1. The molecule has 1 aromatic heterocycles. The molecule has 1 aliphatic carbocycles. The fourth-order valence-electron chi connectivity index (χ4n) is 3.57. The fourth-order valence-corrected chi connectivity index (χ4v) is 6.28. The van der Waals surface area contributed by atoms with E-state index in [4.69, 9.17) is 0 Å². The monoisotopic (exact) mass is 467 g/mol.